The fraction of sp³-hybridized carbons (Fsp3) is 0.294. The van der Waals surface area contributed by atoms with Gasteiger partial charge in [0.1, 0.15) is 0 Å². The van der Waals surface area contributed by atoms with Crippen molar-refractivity contribution in [3.63, 3.8) is 0 Å². The molecule has 0 aliphatic rings. The summed E-state index contributed by atoms with van der Waals surface area (Å²) in [7, 11) is 3.41. The Morgan fingerprint density at radius 1 is 1.36 bits per heavy atom. The van der Waals surface area contributed by atoms with Crippen molar-refractivity contribution in [1.82, 2.24) is 9.88 Å². The van der Waals surface area contributed by atoms with Gasteiger partial charge in [-0.1, -0.05) is 18.2 Å². The number of hydrogen-bond donors (Lipinski definition) is 1. The number of esters is 1. The van der Waals surface area contributed by atoms with Crippen LogP contribution in [-0.2, 0) is 16.0 Å². The van der Waals surface area contributed by atoms with Gasteiger partial charge in [-0.15, -0.1) is 11.3 Å². The molecule has 0 fully saturated rings. The van der Waals surface area contributed by atoms with E-state index in [9.17, 15) is 9.59 Å². The molecule has 0 unspecified atom stereocenters. The highest BCUT2D eigenvalue weighted by Gasteiger charge is 2.11. The number of thiazole rings is 1. The second-order valence-electron chi connectivity index (χ2n) is 5.28. The summed E-state index contributed by atoms with van der Waals surface area (Å²) in [6.07, 6.45) is 1.71. The minimum Gasteiger partial charge on any atom is -0.466 e. The van der Waals surface area contributed by atoms with Crippen LogP contribution in [0.2, 0.25) is 0 Å². The highest BCUT2D eigenvalue weighted by molar-refractivity contribution is 7.13. The Kier molecular flexibility index (Phi) is 6.64. The molecule has 2 rings (SSSR count). The zero-order valence-corrected chi connectivity index (χ0v) is 15.2. The SMILES string of the molecule is CCOC(=O)Cc1csc(NN=Cc2ccccc2C(=O)N(C)C)n1. The van der Waals surface area contributed by atoms with Gasteiger partial charge in [-0.2, -0.15) is 5.10 Å². The van der Waals surface area contributed by atoms with Crippen molar-refractivity contribution in [2.75, 3.05) is 26.1 Å². The number of benzene rings is 1. The van der Waals surface area contributed by atoms with Gasteiger partial charge in [-0.25, -0.2) is 4.98 Å². The molecule has 132 valence electrons. The van der Waals surface area contributed by atoms with Gasteiger partial charge >= 0.3 is 5.97 Å². The maximum atomic E-state index is 12.1. The molecule has 0 aliphatic carbocycles. The first-order valence-electron chi connectivity index (χ1n) is 7.71. The molecule has 25 heavy (non-hydrogen) atoms. The topological polar surface area (TPSA) is 83.9 Å². The predicted molar refractivity (Wildman–Crippen MR) is 98.1 cm³/mol. The number of ether oxygens (including phenoxy) is 1. The Hall–Kier alpha value is -2.74. The van der Waals surface area contributed by atoms with E-state index >= 15 is 0 Å². The molecule has 0 atom stereocenters. The highest BCUT2D eigenvalue weighted by atomic mass is 32.1. The predicted octanol–water partition coefficient (Wildman–Crippen LogP) is 2.40. The molecule has 0 bridgehead atoms. The summed E-state index contributed by atoms with van der Waals surface area (Å²) in [5.74, 6) is -0.396. The maximum Gasteiger partial charge on any atom is 0.311 e. The van der Waals surface area contributed by atoms with E-state index in [1.807, 2.05) is 18.2 Å². The smallest absolute Gasteiger partial charge is 0.311 e. The van der Waals surface area contributed by atoms with Gasteiger partial charge in [0.05, 0.1) is 24.9 Å². The third kappa shape index (κ3) is 5.39. The van der Waals surface area contributed by atoms with Crippen molar-refractivity contribution in [2.24, 2.45) is 5.10 Å². The van der Waals surface area contributed by atoms with Crippen molar-refractivity contribution in [2.45, 2.75) is 13.3 Å². The Labute approximate surface area is 150 Å². The number of hydrazone groups is 1. The van der Waals surface area contributed by atoms with E-state index in [2.05, 4.69) is 15.5 Å². The second kappa shape index (κ2) is 8.93. The van der Waals surface area contributed by atoms with Crippen LogP contribution in [0, 0.1) is 0 Å². The number of nitrogens with zero attached hydrogens (tertiary/aromatic N) is 3. The number of rotatable bonds is 7. The zero-order chi connectivity index (χ0) is 18.2. The molecule has 1 amide bonds. The molecule has 1 heterocycles. The van der Waals surface area contributed by atoms with Crippen LogP contribution >= 0.6 is 11.3 Å². The minimum atomic E-state index is -0.307. The number of anilines is 1. The van der Waals surface area contributed by atoms with Crippen LogP contribution < -0.4 is 5.43 Å². The van der Waals surface area contributed by atoms with E-state index in [0.717, 1.165) is 0 Å². The Balaban J connectivity index is 2.01. The number of carbonyl (C=O) groups excluding carboxylic acids is 2. The summed E-state index contributed by atoms with van der Waals surface area (Å²) < 4.78 is 4.89. The lowest BCUT2D eigenvalue weighted by Crippen LogP contribution is -2.22. The lowest BCUT2D eigenvalue weighted by Gasteiger charge is -2.11. The lowest BCUT2D eigenvalue weighted by atomic mass is 10.1. The molecule has 0 radical (unpaired) electrons. The number of nitrogens with one attached hydrogen (secondary N) is 1. The van der Waals surface area contributed by atoms with Gasteiger partial charge in [-0.05, 0) is 13.0 Å². The van der Waals surface area contributed by atoms with Crippen LogP contribution in [-0.4, -0.2) is 48.7 Å². The first-order chi connectivity index (χ1) is 12.0. The summed E-state index contributed by atoms with van der Waals surface area (Å²) in [4.78, 5) is 29.4. The molecule has 0 spiro atoms. The van der Waals surface area contributed by atoms with Crippen molar-refractivity contribution in [3.8, 4) is 0 Å². The lowest BCUT2D eigenvalue weighted by molar-refractivity contribution is -0.142. The molecular weight excluding hydrogens is 340 g/mol. The van der Waals surface area contributed by atoms with Gasteiger partial charge in [0.2, 0.25) is 5.13 Å². The summed E-state index contributed by atoms with van der Waals surface area (Å²) in [6.45, 7) is 2.11. The van der Waals surface area contributed by atoms with Gasteiger partial charge < -0.3 is 9.64 Å². The van der Waals surface area contributed by atoms with E-state index in [1.165, 1.54) is 16.2 Å². The Bertz CT molecular complexity index is 771. The molecule has 0 saturated heterocycles. The fourth-order valence-electron chi connectivity index (χ4n) is 2.00. The largest absolute Gasteiger partial charge is 0.466 e. The van der Waals surface area contributed by atoms with Gasteiger partial charge in [-0.3, -0.25) is 15.0 Å². The number of hydrogen-bond acceptors (Lipinski definition) is 7. The maximum absolute atomic E-state index is 12.1. The molecule has 8 heteroatoms. The molecule has 0 aliphatic heterocycles. The molecule has 1 aromatic carbocycles. The van der Waals surface area contributed by atoms with Gasteiger partial charge in [0, 0.05) is 30.6 Å². The van der Waals surface area contributed by atoms with Crippen LogP contribution in [0.1, 0.15) is 28.5 Å². The van der Waals surface area contributed by atoms with Gasteiger partial charge in [0.15, 0.2) is 0 Å². The van der Waals surface area contributed by atoms with Crippen molar-refractivity contribution in [3.05, 3.63) is 46.5 Å². The van der Waals surface area contributed by atoms with Gasteiger partial charge in [0.25, 0.3) is 5.91 Å². The average molecular weight is 360 g/mol. The molecule has 7 nitrogen and oxygen atoms in total. The summed E-state index contributed by atoms with van der Waals surface area (Å²) in [5.41, 5.74) is 4.72. The summed E-state index contributed by atoms with van der Waals surface area (Å²) >= 11 is 1.34. The fourth-order valence-corrected chi connectivity index (χ4v) is 2.66. The van der Waals surface area contributed by atoms with Crippen LogP contribution in [0.15, 0.2) is 34.7 Å². The number of aromatic nitrogens is 1. The monoisotopic (exact) mass is 360 g/mol. The zero-order valence-electron chi connectivity index (χ0n) is 14.4. The third-order valence-electron chi connectivity index (χ3n) is 3.14. The third-order valence-corrected chi connectivity index (χ3v) is 3.94. The van der Waals surface area contributed by atoms with Crippen LogP contribution in [0.4, 0.5) is 5.13 Å². The number of amides is 1. The summed E-state index contributed by atoms with van der Waals surface area (Å²) in [6, 6.07) is 7.22. The van der Waals surface area contributed by atoms with Crippen molar-refractivity contribution >= 4 is 34.6 Å². The molecule has 1 N–H and O–H groups in total. The normalized spacial score (nSPS) is 10.7. The molecule has 0 saturated carbocycles. The Morgan fingerprint density at radius 3 is 2.84 bits per heavy atom. The molecule has 2 aromatic rings. The van der Waals surface area contributed by atoms with Crippen LogP contribution in [0.25, 0.3) is 0 Å². The minimum absolute atomic E-state index is 0.0898. The molecular formula is C17H20N4O3S. The molecule has 1 aromatic heterocycles. The van der Waals surface area contributed by atoms with E-state index in [4.69, 9.17) is 4.74 Å². The quantitative estimate of drug-likeness (QED) is 0.466. The standard InChI is InChI=1S/C17H20N4O3S/c1-4-24-15(22)9-13-11-25-17(19-13)20-18-10-12-7-5-6-8-14(12)16(23)21(2)3/h5-8,10-11H,4,9H2,1-3H3,(H,19,20). The highest BCUT2D eigenvalue weighted by Crippen LogP contribution is 2.16. The van der Waals surface area contributed by atoms with Crippen LogP contribution in [0.3, 0.4) is 0 Å². The first-order valence-corrected chi connectivity index (χ1v) is 8.59. The van der Waals surface area contributed by atoms with E-state index < -0.39 is 0 Å². The van der Waals surface area contributed by atoms with Crippen molar-refractivity contribution in [1.29, 1.82) is 0 Å². The van der Waals surface area contributed by atoms with Crippen molar-refractivity contribution < 1.29 is 14.3 Å². The van der Waals surface area contributed by atoms with E-state index in [1.54, 1.807) is 38.7 Å². The average Bonchev–Trinajstić information content (AvgIpc) is 3.02. The summed E-state index contributed by atoms with van der Waals surface area (Å²) in [5, 5.41) is 6.47. The van der Waals surface area contributed by atoms with E-state index in [0.29, 0.717) is 28.6 Å². The number of carbonyl (C=O) groups is 2. The second-order valence-corrected chi connectivity index (χ2v) is 6.14. The van der Waals surface area contributed by atoms with Crippen LogP contribution in [0.5, 0.6) is 0 Å². The Morgan fingerprint density at radius 2 is 2.12 bits per heavy atom. The van der Waals surface area contributed by atoms with E-state index in [-0.39, 0.29) is 18.3 Å². The first kappa shape index (κ1) is 18.6.